The van der Waals surface area contributed by atoms with Crippen LogP contribution in [0.4, 0.5) is 4.39 Å². The zero-order valence-corrected chi connectivity index (χ0v) is 11.5. The Morgan fingerprint density at radius 3 is 2.95 bits per heavy atom. The number of hydrogen-bond donors (Lipinski definition) is 1. The lowest BCUT2D eigenvalue weighted by Crippen LogP contribution is -2.02. The highest BCUT2D eigenvalue weighted by Crippen LogP contribution is 2.25. The van der Waals surface area contributed by atoms with E-state index in [-0.39, 0.29) is 11.4 Å². The van der Waals surface area contributed by atoms with Crippen molar-refractivity contribution in [3.8, 4) is 5.69 Å². The van der Waals surface area contributed by atoms with Crippen molar-refractivity contribution in [2.24, 2.45) is 0 Å². The first-order chi connectivity index (χ1) is 8.97. The molecule has 1 aromatic heterocycles. The highest BCUT2D eigenvalue weighted by Gasteiger charge is 2.13. The summed E-state index contributed by atoms with van der Waals surface area (Å²) in [5.74, 6) is -1.57. The van der Waals surface area contributed by atoms with Crippen LogP contribution in [0.3, 0.4) is 0 Å². The average Bonchev–Trinajstić information content (AvgIpc) is 2.67. The average molecular weight is 301 g/mol. The maximum atomic E-state index is 13.9. The summed E-state index contributed by atoms with van der Waals surface area (Å²) in [4.78, 5) is 14.8. The quantitative estimate of drug-likeness (QED) is 0.881. The van der Waals surface area contributed by atoms with Gasteiger partial charge in [0.1, 0.15) is 5.82 Å². The molecule has 0 fully saturated rings. The van der Waals surface area contributed by atoms with E-state index in [1.54, 1.807) is 19.2 Å². The molecule has 7 heteroatoms. The summed E-state index contributed by atoms with van der Waals surface area (Å²) in [6, 6.07) is 4.31. The fourth-order valence-corrected chi connectivity index (χ4v) is 2.46. The first kappa shape index (κ1) is 13.9. The van der Waals surface area contributed by atoms with Crippen molar-refractivity contribution in [3.05, 3.63) is 40.9 Å². The van der Waals surface area contributed by atoms with Crippen LogP contribution >= 0.6 is 23.4 Å². The molecule has 0 spiro atoms. The van der Waals surface area contributed by atoms with E-state index in [2.05, 4.69) is 4.98 Å². The topological polar surface area (TPSA) is 55.1 Å². The van der Waals surface area contributed by atoms with E-state index >= 15 is 0 Å². The molecule has 4 nitrogen and oxygen atoms in total. The zero-order chi connectivity index (χ0) is 14.0. The molecule has 1 aromatic carbocycles. The molecule has 0 saturated carbocycles. The van der Waals surface area contributed by atoms with Gasteiger partial charge in [0.15, 0.2) is 5.16 Å². The molecule has 0 radical (unpaired) electrons. The highest BCUT2D eigenvalue weighted by molar-refractivity contribution is 7.99. The molecule has 1 heterocycles. The Hall–Kier alpha value is -1.53. The van der Waals surface area contributed by atoms with E-state index in [0.717, 1.165) is 11.8 Å². The number of nitrogens with zero attached hydrogens (tertiary/aromatic N) is 2. The largest absolute Gasteiger partial charge is 0.481 e. The van der Waals surface area contributed by atoms with Gasteiger partial charge in [0.25, 0.3) is 0 Å². The van der Waals surface area contributed by atoms with Crippen LogP contribution in [0, 0.1) is 12.7 Å². The van der Waals surface area contributed by atoms with E-state index in [9.17, 15) is 9.18 Å². The number of rotatable bonds is 4. The molecule has 0 aliphatic carbocycles. The highest BCUT2D eigenvalue weighted by atomic mass is 35.5. The first-order valence-electron chi connectivity index (χ1n) is 5.33. The molecule has 0 atom stereocenters. The molecule has 0 unspecified atom stereocenters. The summed E-state index contributed by atoms with van der Waals surface area (Å²) in [5, 5.41) is 9.42. The van der Waals surface area contributed by atoms with Gasteiger partial charge in [-0.2, -0.15) is 0 Å². The molecule has 0 bridgehead atoms. The minimum absolute atomic E-state index is 0.133. The van der Waals surface area contributed by atoms with Crippen LogP contribution < -0.4 is 0 Å². The number of benzene rings is 1. The van der Waals surface area contributed by atoms with Crippen LogP contribution in [-0.2, 0) is 4.79 Å². The molecule has 2 rings (SSSR count). The van der Waals surface area contributed by atoms with Crippen molar-refractivity contribution in [3.63, 3.8) is 0 Å². The number of aliphatic carboxylic acids is 1. The molecule has 19 heavy (non-hydrogen) atoms. The van der Waals surface area contributed by atoms with Crippen molar-refractivity contribution in [1.29, 1.82) is 0 Å². The fourth-order valence-electron chi connectivity index (χ4n) is 1.55. The van der Waals surface area contributed by atoms with Gasteiger partial charge in [0.2, 0.25) is 0 Å². The van der Waals surface area contributed by atoms with E-state index in [1.807, 2.05) is 0 Å². The second kappa shape index (κ2) is 5.63. The second-order valence-electron chi connectivity index (χ2n) is 3.81. The lowest BCUT2D eigenvalue weighted by atomic mass is 10.3. The normalized spacial score (nSPS) is 10.7. The summed E-state index contributed by atoms with van der Waals surface area (Å²) >= 11 is 6.74. The van der Waals surface area contributed by atoms with Crippen molar-refractivity contribution in [1.82, 2.24) is 9.55 Å². The molecule has 0 saturated heterocycles. The van der Waals surface area contributed by atoms with Gasteiger partial charge in [-0.1, -0.05) is 23.4 Å². The molecule has 1 N–H and O–H groups in total. The van der Waals surface area contributed by atoms with Gasteiger partial charge in [-0.05, 0) is 25.1 Å². The van der Waals surface area contributed by atoms with Crippen LogP contribution in [-0.4, -0.2) is 26.4 Å². The number of halogens is 2. The summed E-state index contributed by atoms with van der Waals surface area (Å²) < 4.78 is 15.4. The molecule has 0 aliphatic rings. The second-order valence-corrected chi connectivity index (χ2v) is 5.19. The van der Waals surface area contributed by atoms with E-state index in [0.29, 0.717) is 15.9 Å². The molecule has 100 valence electrons. The Morgan fingerprint density at radius 1 is 1.58 bits per heavy atom. The fraction of sp³-hybridized carbons (Fsp3) is 0.167. The van der Waals surface area contributed by atoms with Crippen LogP contribution in [0.25, 0.3) is 5.69 Å². The predicted molar refractivity (Wildman–Crippen MR) is 71.6 cm³/mol. The lowest BCUT2D eigenvalue weighted by molar-refractivity contribution is -0.133. The third-order valence-corrected chi connectivity index (χ3v) is 3.46. The SMILES string of the molecule is Cc1cn(-c2ccc(Cl)cc2F)c(SCC(=O)O)n1. The standard InChI is InChI=1S/C12H10ClFN2O2S/c1-7-5-16(12(15-7)19-6-11(17)18)10-3-2-8(13)4-9(10)14/h2-5H,6H2,1H3,(H,17,18). The minimum atomic E-state index is -0.950. The third kappa shape index (κ3) is 3.27. The van der Waals surface area contributed by atoms with Gasteiger partial charge >= 0.3 is 5.97 Å². The van der Waals surface area contributed by atoms with Gasteiger partial charge in [-0.15, -0.1) is 0 Å². The summed E-state index contributed by atoms with van der Waals surface area (Å²) in [6.45, 7) is 1.76. The van der Waals surface area contributed by atoms with Crippen molar-refractivity contribution >= 4 is 29.3 Å². The van der Waals surface area contributed by atoms with Crippen molar-refractivity contribution in [2.75, 3.05) is 5.75 Å². The maximum absolute atomic E-state index is 13.9. The first-order valence-corrected chi connectivity index (χ1v) is 6.69. The Bertz CT molecular complexity index is 630. The Labute approximate surface area is 118 Å². The van der Waals surface area contributed by atoms with E-state index in [1.165, 1.54) is 16.7 Å². The smallest absolute Gasteiger partial charge is 0.313 e. The number of carbonyl (C=O) groups is 1. The lowest BCUT2D eigenvalue weighted by Gasteiger charge is -2.07. The molecular formula is C12H10ClFN2O2S. The Kier molecular flexibility index (Phi) is 4.11. The molecular weight excluding hydrogens is 291 g/mol. The Morgan fingerprint density at radius 2 is 2.32 bits per heavy atom. The van der Waals surface area contributed by atoms with Gasteiger partial charge in [0, 0.05) is 11.2 Å². The summed E-state index contributed by atoms with van der Waals surface area (Å²) in [6.07, 6.45) is 1.65. The van der Waals surface area contributed by atoms with Crippen LogP contribution in [0.15, 0.2) is 29.6 Å². The number of imidazole rings is 1. The number of carboxylic acids is 1. The third-order valence-electron chi connectivity index (χ3n) is 2.29. The van der Waals surface area contributed by atoms with E-state index in [4.69, 9.17) is 16.7 Å². The zero-order valence-electron chi connectivity index (χ0n) is 9.93. The molecule has 0 amide bonds. The Balaban J connectivity index is 2.40. The summed E-state index contributed by atoms with van der Waals surface area (Å²) in [5.41, 5.74) is 0.972. The number of carboxylic acid groups (broad SMARTS) is 1. The van der Waals surface area contributed by atoms with Crippen LogP contribution in [0.5, 0.6) is 0 Å². The van der Waals surface area contributed by atoms with Crippen LogP contribution in [0.1, 0.15) is 5.69 Å². The minimum Gasteiger partial charge on any atom is -0.481 e. The van der Waals surface area contributed by atoms with Crippen LogP contribution in [0.2, 0.25) is 5.02 Å². The maximum Gasteiger partial charge on any atom is 0.313 e. The van der Waals surface area contributed by atoms with Gasteiger partial charge in [0.05, 0.1) is 17.1 Å². The summed E-state index contributed by atoms with van der Waals surface area (Å²) in [7, 11) is 0. The number of hydrogen-bond acceptors (Lipinski definition) is 3. The monoisotopic (exact) mass is 300 g/mol. The van der Waals surface area contributed by atoms with E-state index < -0.39 is 11.8 Å². The number of thioether (sulfide) groups is 1. The van der Waals surface area contributed by atoms with Crippen molar-refractivity contribution < 1.29 is 14.3 Å². The molecule has 0 aliphatic heterocycles. The predicted octanol–water partition coefficient (Wildman–Crippen LogP) is 3.15. The van der Waals surface area contributed by atoms with Crippen molar-refractivity contribution in [2.45, 2.75) is 12.1 Å². The number of aryl methyl sites for hydroxylation is 1. The van der Waals surface area contributed by atoms with Gasteiger partial charge in [-0.3, -0.25) is 9.36 Å². The molecule has 2 aromatic rings. The van der Waals surface area contributed by atoms with Gasteiger partial charge < -0.3 is 5.11 Å². The number of aromatic nitrogens is 2. The van der Waals surface area contributed by atoms with Gasteiger partial charge in [-0.25, -0.2) is 9.37 Å².